The highest BCUT2D eigenvalue weighted by atomic mass is 16.5. The van der Waals surface area contributed by atoms with Gasteiger partial charge in [0.1, 0.15) is 0 Å². The first kappa shape index (κ1) is 13.8. The van der Waals surface area contributed by atoms with Gasteiger partial charge in [0.2, 0.25) is 5.75 Å². The van der Waals surface area contributed by atoms with E-state index in [4.69, 9.17) is 14.2 Å². The third-order valence-corrected chi connectivity index (χ3v) is 2.82. The van der Waals surface area contributed by atoms with Crippen molar-refractivity contribution in [2.45, 2.75) is 0 Å². The minimum absolute atomic E-state index is 0.551. The van der Waals surface area contributed by atoms with E-state index in [1.165, 1.54) is 0 Å². The lowest BCUT2D eigenvalue weighted by atomic mass is 10.1. The Bertz CT molecular complexity index is 637. The average Bonchev–Trinajstić information content (AvgIpc) is 2.52. The normalized spacial score (nSPS) is 9.35. The summed E-state index contributed by atoms with van der Waals surface area (Å²) in [6, 6.07) is 13.5. The van der Waals surface area contributed by atoms with Crippen molar-refractivity contribution in [1.29, 1.82) is 0 Å². The molecule has 102 valence electrons. The number of rotatable bonds is 3. The van der Waals surface area contributed by atoms with Crippen LogP contribution in [0.2, 0.25) is 0 Å². The molecule has 0 spiro atoms. The lowest BCUT2D eigenvalue weighted by molar-refractivity contribution is 0.324. The van der Waals surface area contributed by atoms with Crippen molar-refractivity contribution in [3.8, 4) is 29.1 Å². The van der Waals surface area contributed by atoms with Gasteiger partial charge in [0.05, 0.1) is 26.9 Å². The molecule has 0 heterocycles. The lowest BCUT2D eigenvalue weighted by Gasteiger charge is -2.13. The maximum absolute atomic E-state index is 5.39. The Hall–Kier alpha value is -2.60. The van der Waals surface area contributed by atoms with E-state index >= 15 is 0 Å². The first-order valence-corrected chi connectivity index (χ1v) is 6.16. The topological polar surface area (TPSA) is 27.7 Å². The van der Waals surface area contributed by atoms with Crippen LogP contribution in [0, 0.1) is 11.8 Å². The number of hydrogen-bond acceptors (Lipinski definition) is 3. The van der Waals surface area contributed by atoms with E-state index in [2.05, 4.69) is 11.8 Å². The standard InChI is InChI=1S/C17H16O3/c1-18-15-12-11-14(16(19-2)17(15)20-3)10-9-13-7-5-4-6-8-13/h4-8,11-12H,1-3H3. The van der Waals surface area contributed by atoms with Crippen LogP contribution in [-0.2, 0) is 0 Å². The molecule has 0 amide bonds. The Labute approximate surface area is 119 Å². The van der Waals surface area contributed by atoms with E-state index in [0.717, 1.165) is 11.1 Å². The molecule has 20 heavy (non-hydrogen) atoms. The van der Waals surface area contributed by atoms with Crippen molar-refractivity contribution in [2.75, 3.05) is 21.3 Å². The molecule has 0 saturated carbocycles. The second kappa shape index (κ2) is 6.53. The first-order chi connectivity index (χ1) is 9.80. The van der Waals surface area contributed by atoms with Crippen molar-refractivity contribution in [3.63, 3.8) is 0 Å². The van der Waals surface area contributed by atoms with Crippen LogP contribution >= 0.6 is 0 Å². The summed E-state index contributed by atoms with van der Waals surface area (Å²) in [5, 5.41) is 0. The van der Waals surface area contributed by atoms with Crippen LogP contribution in [0.15, 0.2) is 42.5 Å². The van der Waals surface area contributed by atoms with Crippen LogP contribution in [0.5, 0.6) is 17.2 Å². The molecular formula is C17H16O3. The Morgan fingerprint density at radius 2 is 1.40 bits per heavy atom. The lowest BCUT2D eigenvalue weighted by Crippen LogP contribution is -1.97. The molecule has 0 saturated heterocycles. The van der Waals surface area contributed by atoms with Crippen LogP contribution in [0.25, 0.3) is 0 Å². The van der Waals surface area contributed by atoms with Gasteiger partial charge in [-0.1, -0.05) is 30.0 Å². The predicted molar refractivity (Wildman–Crippen MR) is 78.5 cm³/mol. The fraction of sp³-hybridized carbons (Fsp3) is 0.176. The van der Waals surface area contributed by atoms with Gasteiger partial charge >= 0.3 is 0 Å². The quantitative estimate of drug-likeness (QED) is 0.800. The van der Waals surface area contributed by atoms with Crippen LogP contribution in [0.1, 0.15) is 11.1 Å². The third-order valence-electron chi connectivity index (χ3n) is 2.82. The SMILES string of the molecule is COc1ccc(C#Cc2ccccc2)c(OC)c1OC. The van der Waals surface area contributed by atoms with Crippen LogP contribution < -0.4 is 14.2 Å². The van der Waals surface area contributed by atoms with Crippen molar-refractivity contribution >= 4 is 0 Å². The van der Waals surface area contributed by atoms with Gasteiger partial charge in [-0.05, 0) is 24.3 Å². The maximum Gasteiger partial charge on any atom is 0.204 e. The van der Waals surface area contributed by atoms with E-state index in [0.29, 0.717) is 17.2 Å². The van der Waals surface area contributed by atoms with Gasteiger partial charge in [-0.3, -0.25) is 0 Å². The van der Waals surface area contributed by atoms with Gasteiger partial charge in [-0.15, -0.1) is 0 Å². The predicted octanol–water partition coefficient (Wildman–Crippen LogP) is 3.11. The van der Waals surface area contributed by atoms with E-state index in [-0.39, 0.29) is 0 Å². The molecule has 0 bridgehead atoms. The highest BCUT2D eigenvalue weighted by Crippen LogP contribution is 2.39. The molecular weight excluding hydrogens is 252 g/mol. The maximum atomic E-state index is 5.39. The summed E-state index contributed by atoms with van der Waals surface area (Å²) in [4.78, 5) is 0. The summed E-state index contributed by atoms with van der Waals surface area (Å²) in [7, 11) is 4.76. The zero-order valence-electron chi connectivity index (χ0n) is 11.8. The Balaban J connectivity index is 2.45. The molecule has 0 radical (unpaired) electrons. The van der Waals surface area contributed by atoms with Gasteiger partial charge in [0, 0.05) is 5.56 Å². The second-order valence-corrected chi connectivity index (χ2v) is 4.00. The molecule has 3 nitrogen and oxygen atoms in total. The van der Waals surface area contributed by atoms with Crippen molar-refractivity contribution in [3.05, 3.63) is 53.6 Å². The minimum Gasteiger partial charge on any atom is -0.493 e. The fourth-order valence-corrected chi connectivity index (χ4v) is 1.86. The van der Waals surface area contributed by atoms with E-state index in [1.54, 1.807) is 21.3 Å². The number of benzene rings is 2. The fourth-order valence-electron chi connectivity index (χ4n) is 1.86. The summed E-state index contributed by atoms with van der Waals surface area (Å²) in [6.07, 6.45) is 0. The molecule has 0 N–H and O–H groups in total. The monoisotopic (exact) mass is 268 g/mol. The van der Waals surface area contributed by atoms with E-state index < -0.39 is 0 Å². The van der Waals surface area contributed by atoms with Crippen molar-refractivity contribution in [2.24, 2.45) is 0 Å². The van der Waals surface area contributed by atoms with Gasteiger partial charge in [-0.25, -0.2) is 0 Å². The number of methoxy groups -OCH3 is 3. The van der Waals surface area contributed by atoms with Crippen LogP contribution in [-0.4, -0.2) is 21.3 Å². The van der Waals surface area contributed by atoms with Crippen molar-refractivity contribution in [1.82, 2.24) is 0 Å². The largest absolute Gasteiger partial charge is 0.493 e. The highest BCUT2D eigenvalue weighted by Gasteiger charge is 2.14. The molecule has 2 aromatic carbocycles. The molecule has 0 unspecified atom stereocenters. The first-order valence-electron chi connectivity index (χ1n) is 6.16. The van der Waals surface area contributed by atoms with Crippen molar-refractivity contribution < 1.29 is 14.2 Å². The van der Waals surface area contributed by atoms with Gasteiger partial charge in [0.25, 0.3) is 0 Å². The molecule has 2 aromatic rings. The van der Waals surface area contributed by atoms with Crippen LogP contribution in [0.3, 0.4) is 0 Å². The smallest absolute Gasteiger partial charge is 0.204 e. The Kier molecular flexibility index (Phi) is 4.52. The summed E-state index contributed by atoms with van der Waals surface area (Å²) in [5.41, 5.74) is 1.71. The summed E-state index contributed by atoms with van der Waals surface area (Å²) < 4.78 is 16.0. The minimum atomic E-state index is 0.551. The summed E-state index contributed by atoms with van der Waals surface area (Å²) >= 11 is 0. The summed E-state index contributed by atoms with van der Waals surface area (Å²) in [5.74, 6) is 7.94. The number of ether oxygens (including phenoxy) is 3. The van der Waals surface area contributed by atoms with E-state index in [1.807, 2.05) is 42.5 Å². The van der Waals surface area contributed by atoms with E-state index in [9.17, 15) is 0 Å². The van der Waals surface area contributed by atoms with Gasteiger partial charge in [-0.2, -0.15) is 0 Å². The molecule has 0 atom stereocenters. The third kappa shape index (κ3) is 2.86. The number of hydrogen-bond donors (Lipinski definition) is 0. The molecule has 0 aromatic heterocycles. The average molecular weight is 268 g/mol. The molecule has 0 fully saturated rings. The van der Waals surface area contributed by atoms with Crippen LogP contribution in [0.4, 0.5) is 0 Å². The van der Waals surface area contributed by atoms with Gasteiger partial charge < -0.3 is 14.2 Å². The zero-order chi connectivity index (χ0) is 14.4. The molecule has 0 aliphatic rings. The Morgan fingerprint density at radius 1 is 0.700 bits per heavy atom. The molecule has 0 aliphatic heterocycles. The zero-order valence-corrected chi connectivity index (χ0v) is 11.8. The second-order valence-electron chi connectivity index (χ2n) is 4.00. The van der Waals surface area contributed by atoms with Gasteiger partial charge in [0.15, 0.2) is 11.5 Å². The highest BCUT2D eigenvalue weighted by molar-refractivity contribution is 5.61. The Morgan fingerprint density at radius 3 is 2.00 bits per heavy atom. The summed E-state index contributed by atoms with van der Waals surface area (Å²) in [6.45, 7) is 0. The molecule has 2 rings (SSSR count). The molecule has 3 heteroatoms. The molecule has 0 aliphatic carbocycles.